The van der Waals surface area contributed by atoms with Crippen LogP contribution in [0.1, 0.15) is 18.5 Å². The van der Waals surface area contributed by atoms with Crippen molar-refractivity contribution in [3.05, 3.63) is 36.0 Å². The van der Waals surface area contributed by atoms with Crippen LogP contribution in [0.2, 0.25) is 0 Å². The van der Waals surface area contributed by atoms with Crippen molar-refractivity contribution in [1.29, 1.82) is 0 Å². The van der Waals surface area contributed by atoms with Crippen LogP contribution in [-0.2, 0) is 0 Å². The maximum Gasteiger partial charge on any atom is 0.200 e. The summed E-state index contributed by atoms with van der Waals surface area (Å²) >= 11 is 0. The lowest BCUT2D eigenvalue weighted by molar-refractivity contribution is 0.519. The Morgan fingerprint density at radius 1 is 1.13 bits per heavy atom. The third kappa shape index (κ3) is 2.92. The molecule has 4 rings (SSSR count). The van der Waals surface area contributed by atoms with Gasteiger partial charge in [0.15, 0.2) is 11.5 Å². The van der Waals surface area contributed by atoms with Crippen molar-refractivity contribution in [3.8, 4) is 0 Å². The minimum atomic E-state index is 0.442. The third-order valence-corrected chi connectivity index (χ3v) is 4.11. The van der Waals surface area contributed by atoms with Gasteiger partial charge >= 0.3 is 0 Å². The molecule has 0 bridgehead atoms. The highest BCUT2D eigenvalue weighted by Gasteiger charge is 2.20. The van der Waals surface area contributed by atoms with E-state index in [1.807, 2.05) is 37.3 Å². The van der Waals surface area contributed by atoms with Crippen LogP contribution in [0.15, 0.2) is 30.3 Å². The number of hydrogen-bond donors (Lipinski definition) is 1. The van der Waals surface area contributed by atoms with Gasteiger partial charge in [0.25, 0.3) is 0 Å². The van der Waals surface area contributed by atoms with Crippen LogP contribution in [0.4, 0.5) is 11.6 Å². The average molecular weight is 310 g/mol. The SMILES string of the molecule is Cc1cccc(NC2CCN(c3ccc4nnnn4n3)CC2)n1. The first-order valence-corrected chi connectivity index (χ1v) is 7.78. The van der Waals surface area contributed by atoms with Crippen LogP contribution in [0.25, 0.3) is 5.65 Å². The summed E-state index contributed by atoms with van der Waals surface area (Å²) in [5, 5.41) is 19.3. The number of pyridine rings is 1. The number of aromatic nitrogens is 6. The molecule has 0 amide bonds. The van der Waals surface area contributed by atoms with E-state index >= 15 is 0 Å². The van der Waals surface area contributed by atoms with Crippen molar-refractivity contribution in [2.75, 3.05) is 23.3 Å². The molecular weight excluding hydrogens is 292 g/mol. The van der Waals surface area contributed by atoms with Gasteiger partial charge in [-0.3, -0.25) is 0 Å². The van der Waals surface area contributed by atoms with Crippen molar-refractivity contribution >= 4 is 17.3 Å². The van der Waals surface area contributed by atoms with Crippen molar-refractivity contribution in [3.63, 3.8) is 0 Å². The number of nitrogens with one attached hydrogen (secondary N) is 1. The topological polar surface area (TPSA) is 84.1 Å². The zero-order valence-corrected chi connectivity index (χ0v) is 12.9. The maximum atomic E-state index is 4.51. The monoisotopic (exact) mass is 310 g/mol. The number of piperidine rings is 1. The quantitative estimate of drug-likeness (QED) is 0.780. The van der Waals surface area contributed by atoms with E-state index in [1.54, 1.807) is 0 Å². The van der Waals surface area contributed by atoms with Gasteiger partial charge in [0, 0.05) is 24.8 Å². The number of tetrazole rings is 1. The normalized spacial score (nSPS) is 16.0. The molecule has 1 fully saturated rings. The predicted molar refractivity (Wildman–Crippen MR) is 86.4 cm³/mol. The fourth-order valence-corrected chi connectivity index (χ4v) is 2.89. The van der Waals surface area contributed by atoms with Crippen LogP contribution in [0.5, 0.6) is 0 Å². The van der Waals surface area contributed by atoms with Gasteiger partial charge in [0.05, 0.1) is 0 Å². The Kier molecular flexibility index (Phi) is 3.49. The minimum Gasteiger partial charge on any atom is -0.367 e. The van der Waals surface area contributed by atoms with E-state index in [2.05, 4.69) is 35.8 Å². The van der Waals surface area contributed by atoms with Gasteiger partial charge in [0.1, 0.15) is 5.82 Å². The van der Waals surface area contributed by atoms with Crippen LogP contribution in [0, 0.1) is 6.92 Å². The van der Waals surface area contributed by atoms with Crippen molar-refractivity contribution in [1.82, 2.24) is 30.2 Å². The Hall–Kier alpha value is -2.77. The van der Waals surface area contributed by atoms with Crippen LogP contribution >= 0.6 is 0 Å². The fraction of sp³-hybridized carbons (Fsp3) is 0.400. The van der Waals surface area contributed by atoms with E-state index in [4.69, 9.17) is 0 Å². The van der Waals surface area contributed by atoms with Gasteiger partial charge in [-0.2, -0.15) is 0 Å². The largest absolute Gasteiger partial charge is 0.367 e. The molecule has 3 aromatic rings. The molecule has 0 radical (unpaired) electrons. The molecule has 1 saturated heterocycles. The van der Waals surface area contributed by atoms with Gasteiger partial charge in [-0.05, 0) is 54.5 Å². The third-order valence-electron chi connectivity index (χ3n) is 4.11. The Morgan fingerprint density at radius 2 is 2.00 bits per heavy atom. The minimum absolute atomic E-state index is 0.442. The summed E-state index contributed by atoms with van der Waals surface area (Å²) in [7, 11) is 0. The lowest BCUT2D eigenvalue weighted by atomic mass is 10.1. The van der Waals surface area contributed by atoms with E-state index in [0.29, 0.717) is 11.7 Å². The van der Waals surface area contributed by atoms with Gasteiger partial charge in [-0.15, -0.1) is 14.8 Å². The summed E-state index contributed by atoms with van der Waals surface area (Å²) < 4.78 is 1.47. The van der Waals surface area contributed by atoms with Crippen molar-refractivity contribution in [2.24, 2.45) is 0 Å². The second-order valence-electron chi connectivity index (χ2n) is 5.79. The van der Waals surface area contributed by atoms with E-state index < -0.39 is 0 Å². The molecule has 4 heterocycles. The van der Waals surface area contributed by atoms with E-state index in [0.717, 1.165) is 43.3 Å². The van der Waals surface area contributed by atoms with Crippen LogP contribution in [0.3, 0.4) is 0 Å². The highest BCUT2D eigenvalue weighted by Crippen LogP contribution is 2.20. The Balaban J connectivity index is 1.40. The number of aryl methyl sites for hydroxylation is 1. The Morgan fingerprint density at radius 3 is 2.83 bits per heavy atom. The number of hydrogen-bond acceptors (Lipinski definition) is 7. The summed E-state index contributed by atoms with van der Waals surface area (Å²) in [4.78, 5) is 6.78. The molecule has 3 aromatic heterocycles. The highest BCUT2D eigenvalue weighted by molar-refractivity contribution is 5.45. The van der Waals surface area contributed by atoms with E-state index in [-0.39, 0.29) is 0 Å². The molecule has 0 spiro atoms. The molecule has 8 nitrogen and oxygen atoms in total. The van der Waals surface area contributed by atoms with Gasteiger partial charge < -0.3 is 10.2 Å². The van der Waals surface area contributed by atoms with Crippen LogP contribution in [-0.4, -0.2) is 49.4 Å². The second kappa shape index (κ2) is 5.79. The number of rotatable bonds is 3. The first-order chi connectivity index (χ1) is 11.3. The van der Waals surface area contributed by atoms with E-state index in [9.17, 15) is 0 Å². The number of nitrogens with zero attached hydrogens (tertiary/aromatic N) is 7. The molecule has 23 heavy (non-hydrogen) atoms. The Labute approximate surface area is 133 Å². The van der Waals surface area contributed by atoms with Crippen LogP contribution < -0.4 is 10.2 Å². The molecule has 1 aliphatic heterocycles. The average Bonchev–Trinajstić information content (AvgIpc) is 3.03. The molecule has 0 aromatic carbocycles. The summed E-state index contributed by atoms with van der Waals surface area (Å²) in [5.41, 5.74) is 1.70. The van der Waals surface area contributed by atoms with Crippen molar-refractivity contribution < 1.29 is 0 Å². The molecule has 0 saturated carbocycles. The van der Waals surface area contributed by atoms with Crippen molar-refractivity contribution in [2.45, 2.75) is 25.8 Å². The Bertz CT molecular complexity index is 806. The van der Waals surface area contributed by atoms with Gasteiger partial charge in [-0.25, -0.2) is 4.98 Å². The number of fused-ring (bicyclic) bond motifs is 1. The first kappa shape index (κ1) is 13.9. The predicted octanol–water partition coefficient (Wildman–Crippen LogP) is 1.30. The molecule has 1 aliphatic rings. The standard InChI is InChI=1S/C15H18N8/c1-11-3-2-4-13(16-11)17-12-7-9-22(10-8-12)15-6-5-14-18-20-21-23(14)19-15/h2-6,12H,7-10H2,1H3,(H,16,17). The smallest absolute Gasteiger partial charge is 0.200 e. The summed E-state index contributed by atoms with van der Waals surface area (Å²) in [6.45, 7) is 3.91. The molecule has 1 N–H and O–H groups in total. The molecule has 118 valence electrons. The lowest BCUT2D eigenvalue weighted by Gasteiger charge is -2.33. The zero-order valence-electron chi connectivity index (χ0n) is 12.9. The molecular formula is C15H18N8. The molecule has 8 heteroatoms. The highest BCUT2D eigenvalue weighted by atomic mass is 15.6. The fourth-order valence-electron chi connectivity index (χ4n) is 2.89. The lowest BCUT2D eigenvalue weighted by Crippen LogP contribution is -2.39. The van der Waals surface area contributed by atoms with Gasteiger partial charge in [-0.1, -0.05) is 6.07 Å². The molecule has 0 aliphatic carbocycles. The van der Waals surface area contributed by atoms with E-state index in [1.165, 1.54) is 4.63 Å². The number of anilines is 2. The molecule has 0 atom stereocenters. The van der Waals surface area contributed by atoms with Gasteiger partial charge in [0.2, 0.25) is 0 Å². The maximum absolute atomic E-state index is 4.51. The summed E-state index contributed by atoms with van der Waals surface area (Å²) in [6, 6.07) is 10.4. The first-order valence-electron chi connectivity index (χ1n) is 7.78. The second-order valence-corrected chi connectivity index (χ2v) is 5.79. The summed E-state index contributed by atoms with van der Waals surface area (Å²) in [6.07, 6.45) is 2.09. The zero-order chi connectivity index (χ0) is 15.6. The summed E-state index contributed by atoms with van der Waals surface area (Å²) in [5.74, 6) is 1.87. The molecule has 0 unspecified atom stereocenters.